The number of carbonyl (C=O) groups excluding carboxylic acids is 1. The number of nitrogens with zero attached hydrogens (tertiary/aromatic N) is 4. The van der Waals surface area contributed by atoms with E-state index in [1.807, 2.05) is 32.0 Å². The Balaban J connectivity index is 2.15. The third-order valence-electron chi connectivity index (χ3n) is 4.05. The van der Waals surface area contributed by atoms with Crippen molar-refractivity contribution in [1.82, 2.24) is 14.8 Å². The predicted molar refractivity (Wildman–Crippen MR) is 107 cm³/mol. The maximum Gasteiger partial charge on any atom is 0.343 e. The first-order valence-electron chi connectivity index (χ1n) is 9.00. The summed E-state index contributed by atoms with van der Waals surface area (Å²) in [6, 6.07) is 8.03. The van der Waals surface area contributed by atoms with Crippen LogP contribution in [0.4, 0.5) is 5.69 Å². The van der Waals surface area contributed by atoms with E-state index in [4.69, 9.17) is 5.26 Å². The van der Waals surface area contributed by atoms with Crippen molar-refractivity contribution in [3.8, 4) is 6.07 Å². The van der Waals surface area contributed by atoms with Gasteiger partial charge in [0.15, 0.2) is 5.16 Å². The molecule has 0 radical (unpaired) electrons. The van der Waals surface area contributed by atoms with Crippen molar-refractivity contribution in [2.24, 2.45) is 0 Å². The first-order chi connectivity index (χ1) is 13.0. The number of nitriles is 1. The molecule has 0 atom stereocenters. The topological polar surface area (TPSA) is 94.8 Å². The molecule has 8 heteroatoms. The number of aromatic nitrogens is 3. The molecule has 2 rings (SSSR count). The summed E-state index contributed by atoms with van der Waals surface area (Å²) in [6.07, 6.45) is 2.10. The maximum absolute atomic E-state index is 12.8. The molecule has 1 amide bonds. The van der Waals surface area contributed by atoms with Crippen molar-refractivity contribution in [3.05, 3.63) is 39.8 Å². The van der Waals surface area contributed by atoms with Gasteiger partial charge >= 0.3 is 5.69 Å². The fraction of sp³-hybridized carbons (Fsp3) is 0.474. The lowest BCUT2D eigenvalue weighted by atomic mass is 10.1. The van der Waals surface area contributed by atoms with Crippen LogP contribution in [-0.4, -0.2) is 33.0 Å². The molecule has 1 aromatic carbocycles. The summed E-state index contributed by atoms with van der Waals surface area (Å²) in [4.78, 5) is 26.3. The van der Waals surface area contributed by atoms with Crippen LogP contribution in [0.5, 0.6) is 0 Å². The van der Waals surface area contributed by atoms with Crippen LogP contribution >= 0.6 is 11.8 Å². The van der Waals surface area contributed by atoms with Crippen molar-refractivity contribution in [2.45, 2.75) is 51.7 Å². The molecule has 1 heterocycles. The summed E-state index contributed by atoms with van der Waals surface area (Å²) in [5.41, 5.74) is 2.66. The Labute approximate surface area is 163 Å². The van der Waals surface area contributed by atoms with E-state index in [1.165, 1.54) is 11.8 Å². The van der Waals surface area contributed by atoms with Crippen LogP contribution in [0, 0.1) is 25.2 Å². The fourth-order valence-electron chi connectivity index (χ4n) is 2.80. The van der Waals surface area contributed by atoms with Gasteiger partial charge in [-0.2, -0.15) is 5.26 Å². The number of hydrogen-bond donors (Lipinski definition) is 1. The van der Waals surface area contributed by atoms with Crippen LogP contribution in [0.1, 0.15) is 37.3 Å². The summed E-state index contributed by atoms with van der Waals surface area (Å²) in [5.74, 6) is 0.0345. The Morgan fingerprint density at radius 2 is 2.04 bits per heavy atom. The van der Waals surface area contributed by atoms with Crippen LogP contribution in [0.2, 0.25) is 0 Å². The zero-order chi connectivity index (χ0) is 19.8. The van der Waals surface area contributed by atoms with E-state index in [9.17, 15) is 9.59 Å². The number of aryl methyl sites for hydroxylation is 2. The molecule has 0 spiro atoms. The number of nitrogens with one attached hydrogen (secondary N) is 1. The average molecular weight is 388 g/mol. The number of unbranched alkanes of at least 4 members (excludes halogenated alkanes) is 1. The summed E-state index contributed by atoms with van der Waals surface area (Å²) in [5, 5.41) is 15.9. The molecule has 0 bridgehead atoms. The Kier molecular flexibility index (Phi) is 7.67. The third kappa shape index (κ3) is 5.73. The molecule has 0 aliphatic carbocycles. The molecular weight excluding hydrogens is 362 g/mol. The summed E-state index contributed by atoms with van der Waals surface area (Å²) in [6.45, 7) is 6.93. The normalized spacial score (nSPS) is 10.6. The van der Waals surface area contributed by atoms with E-state index in [0.717, 1.165) is 29.7 Å². The lowest BCUT2D eigenvalue weighted by Gasteiger charge is -2.22. The molecule has 2 aromatic rings. The second-order valence-electron chi connectivity index (χ2n) is 6.40. The van der Waals surface area contributed by atoms with E-state index in [2.05, 4.69) is 23.2 Å². The Bertz CT molecular complexity index is 861. The number of benzene rings is 1. The van der Waals surface area contributed by atoms with Gasteiger partial charge < -0.3 is 4.90 Å². The molecular formula is C19H25N5O2S. The SMILES string of the molecule is CCCCn1c(SCC(=O)N(CCC#N)c2cc(C)cc(C)c2)n[nH]c1=O. The first-order valence-corrected chi connectivity index (χ1v) is 9.98. The van der Waals surface area contributed by atoms with Gasteiger partial charge in [-0.1, -0.05) is 31.2 Å². The molecule has 1 aromatic heterocycles. The minimum absolute atomic E-state index is 0.113. The largest absolute Gasteiger partial charge is 0.343 e. The zero-order valence-electron chi connectivity index (χ0n) is 16.0. The smallest absolute Gasteiger partial charge is 0.311 e. The molecule has 0 unspecified atom stereocenters. The highest BCUT2D eigenvalue weighted by Gasteiger charge is 2.18. The van der Waals surface area contributed by atoms with Crippen LogP contribution in [0.25, 0.3) is 0 Å². The van der Waals surface area contributed by atoms with E-state index in [-0.39, 0.29) is 23.8 Å². The molecule has 1 N–H and O–H groups in total. The molecule has 0 aliphatic rings. The first kappa shape index (κ1) is 20.8. The quantitative estimate of drug-likeness (QED) is 0.667. The zero-order valence-corrected chi connectivity index (χ0v) is 16.8. The van der Waals surface area contributed by atoms with Gasteiger partial charge in [0.25, 0.3) is 0 Å². The van der Waals surface area contributed by atoms with Gasteiger partial charge in [0.1, 0.15) is 0 Å². The highest BCUT2D eigenvalue weighted by Crippen LogP contribution is 2.22. The molecule has 0 fully saturated rings. The van der Waals surface area contributed by atoms with Crippen LogP contribution < -0.4 is 10.6 Å². The number of rotatable bonds is 9. The van der Waals surface area contributed by atoms with Crippen molar-refractivity contribution < 1.29 is 4.79 Å². The minimum atomic E-state index is -0.256. The van der Waals surface area contributed by atoms with E-state index in [0.29, 0.717) is 18.2 Å². The molecule has 0 saturated carbocycles. The van der Waals surface area contributed by atoms with E-state index >= 15 is 0 Å². The van der Waals surface area contributed by atoms with Crippen molar-refractivity contribution in [2.75, 3.05) is 17.2 Å². The highest BCUT2D eigenvalue weighted by molar-refractivity contribution is 7.99. The van der Waals surface area contributed by atoms with Gasteiger partial charge in [-0.25, -0.2) is 9.89 Å². The predicted octanol–water partition coefficient (Wildman–Crippen LogP) is 3.03. The Hall–Kier alpha value is -2.53. The number of hydrogen-bond acceptors (Lipinski definition) is 5. The third-order valence-corrected chi connectivity index (χ3v) is 5.01. The van der Waals surface area contributed by atoms with Gasteiger partial charge in [0, 0.05) is 18.8 Å². The summed E-state index contributed by atoms with van der Waals surface area (Å²) >= 11 is 1.24. The standard InChI is InChI=1S/C19H25N5O2S/c1-4-5-8-24-18(26)21-22-19(24)27-13-17(25)23(9-6-7-20)16-11-14(2)10-15(3)12-16/h10-12H,4-6,8-9,13H2,1-3H3,(H,21,26). The second-order valence-corrected chi connectivity index (χ2v) is 7.35. The fourth-order valence-corrected chi connectivity index (χ4v) is 3.65. The van der Waals surface area contributed by atoms with Gasteiger partial charge in [-0.15, -0.1) is 5.10 Å². The number of carbonyl (C=O) groups is 1. The van der Waals surface area contributed by atoms with Gasteiger partial charge in [-0.05, 0) is 43.5 Å². The van der Waals surface area contributed by atoms with Crippen molar-refractivity contribution in [3.63, 3.8) is 0 Å². The minimum Gasteiger partial charge on any atom is -0.311 e. The Morgan fingerprint density at radius 1 is 1.33 bits per heavy atom. The molecule has 0 saturated heterocycles. The van der Waals surface area contributed by atoms with Crippen molar-refractivity contribution >= 4 is 23.4 Å². The molecule has 7 nitrogen and oxygen atoms in total. The summed E-state index contributed by atoms with van der Waals surface area (Å²) in [7, 11) is 0. The van der Waals surface area contributed by atoms with E-state index < -0.39 is 0 Å². The number of aromatic amines is 1. The molecule has 27 heavy (non-hydrogen) atoms. The number of H-pyrrole nitrogens is 1. The maximum atomic E-state index is 12.8. The van der Waals surface area contributed by atoms with Crippen LogP contribution in [0.3, 0.4) is 0 Å². The highest BCUT2D eigenvalue weighted by atomic mass is 32.2. The van der Waals surface area contributed by atoms with Gasteiger partial charge in [0.2, 0.25) is 5.91 Å². The van der Waals surface area contributed by atoms with Crippen LogP contribution in [0.15, 0.2) is 28.2 Å². The van der Waals surface area contributed by atoms with Gasteiger partial charge in [-0.3, -0.25) is 9.36 Å². The monoisotopic (exact) mass is 387 g/mol. The second kappa shape index (κ2) is 9.97. The van der Waals surface area contributed by atoms with Crippen molar-refractivity contribution in [1.29, 1.82) is 5.26 Å². The lowest BCUT2D eigenvalue weighted by molar-refractivity contribution is -0.116. The van der Waals surface area contributed by atoms with Crippen LogP contribution in [-0.2, 0) is 11.3 Å². The number of thioether (sulfide) groups is 1. The average Bonchev–Trinajstić information content (AvgIpc) is 2.97. The van der Waals surface area contributed by atoms with Gasteiger partial charge in [0.05, 0.1) is 18.2 Å². The molecule has 144 valence electrons. The summed E-state index contributed by atoms with van der Waals surface area (Å²) < 4.78 is 1.57. The van der Waals surface area contributed by atoms with E-state index in [1.54, 1.807) is 9.47 Å². The lowest BCUT2D eigenvalue weighted by Crippen LogP contribution is -2.33. The molecule has 0 aliphatic heterocycles. The number of amides is 1. The number of anilines is 1. The Morgan fingerprint density at radius 3 is 2.67 bits per heavy atom.